The molecule has 0 radical (unpaired) electrons. The van der Waals surface area contributed by atoms with E-state index < -0.39 is 17.7 Å². The van der Waals surface area contributed by atoms with E-state index in [1.165, 1.54) is 24.2 Å². The monoisotopic (exact) mass is 643 g/mol. The van der Waals surface area contributed by atoms with Gasteiger partial charge >= 0.3 is 5.97 Å². The number of ether oxygens (including phenoxy) is 1. The number of piperidine rings is 1. The fraction of sp³-hybridized carbons (Fsp3) is 0.429. The zero-order valence-corrected chi connectivity index (χ0v) is 27.9. The number of benzene rings is 2. The van der Waals surface area contributed by atoms with Crippen LogP contribution in [0.5, 0.6) is 0 Å². The van der Waals surface area contributed by atoms with E-state index in [9.17, 15) is 9.90 Å². The Balaban J connectivity index is 1.35. The summed E-state index contributed by atoms with van der Waals surface area (Å²) in [4.78, 5) is 25.6. The maximum Gasteiger partial charge on any atom is 0.337 e. The van der Waals surface area contributed by atoms with Gasteiger partial charge in [-0.3, -0.25) is 4.68 Å². The van der Waals surface area contributed by atoms with Crippen LogP contribution in [0.2, 0.25) is 5.02 Å². The average molecular weight is 644 g/mol. The van der Waals surface area contributed by atoms with Crippen LogP contribution in [0.15, 0.2) is 42.5 Å². The van der Waals surface area contributed by atoms with Gasteiger partial charge in [0, 0.05) is 35.2 Å². The molecular weight excluding hydrogens is 606 g/mol. The van der Waals surface area contributed by atoms with Crippen LogP contribution in [0, 0.1) is 6.92 Å². The highest BCUT2D eigenvalue weighted by Crippen LogP contribution is 2.45. The lowest BCUT2D eigenvalue weighted by Crippen LogP contribution is -2.34. The minimum absolute atomic E-state index is 0.388. The van der Waals surface area contributed by atoms with Crippen LogP contribution >= 0.6 is 22.9 Å². The first-order valence-electron chi connectivity index (χ1n) is 15.7. The third kappa shape index (κ3) is 5.87. The molecule has 0 spiro atoms. The van der Waals surface area contributed by atoms with Crippen molar-refractivity contribution in [1.82, 2.24) is 24.6 Å². The molecular formula is C35H38ClN5O3S. The number of fused-ring (bicyclic) bond motifs is 2. The molecule has 2 fully saturated rings. The molecule has 1 N–H and O–H groups in total. The van der Waals surface area contributed by atoms with E-state index >= 15 is 0 Å². The van der Waals surface area contributed by atoms with E-state index in [0.29, 0.717) is 16.5 Å². The van der Waals surface area contributed by atoms with Gasteiger partial charge in [-0.05, 0) is 108 Å². The highest BCUT2D eigenvalue weighted by Gasteiger charge is 2.34. The summed E-state index contributed by atoms with van der Waals surface area (Å²) in [6.07, 6.45) is 3.72. The van der Waals surface area contributed by atoms with Crippen molar-refractivity contribution in [2.24, 2.45) is 7.05 Å². The summed E-state index contributed by atoms with van der Waals surface area (Å²) in [5, 5.41) is 16.7. The normalized spacial score (nSPS) is 17.4. The predicted molar refractivity (Wildman–Crippen MR) is 180 cm³/mol. The summed E-state index contributed by atoms with van der Waals surface area (Å²) in [7, 11) is 1.99. The minimum Gasteiger partial charge on any atom is -0.479 e. The van der Waals surface area contributed by atoms with Gasteiger partial charge in [-0.1, -0.05) is 23.7 Å². The number of likely N-dealkylation sites (tertiary alicyclic amines) is 1. The Labute approximate surface area is 272 Å². The minimum atomic E-state index is -1.16. The second-order valence-electron chi connectivity index (χ2n) is 13.4. The Morgan fingerprint density at radius 3 is 2.42 bits per heavy atom. The molecule has 45 heavy (non-hydrogen) atoms. The number of pyridine rings is 1. The smallest absolute Gasteiger partial charge is 0.337 e. The van der Waals surface area contributed by atoms with E-state index in [2.05, 4.69) is 11.0 Å². The number of carbonyl (C=O) groups is 1. The first kappa shape index (κ1) is 30.3. The van der Waals surface area contributed by atoms with Crippen LogP contribution in [0.3, 0.4) is 0 Å². The first-order chi connectivity index (χ1) is 21.5. The van der Waals surface area contributed by atoms with Gasteiger partial charge in [0.25, 0.3) is 0 Å². The molecule has 3 aromatic heterocycles. The number of thiazole rings is 1. The van der Waals surface area contributed by atoms with E-state index in [4.69, 9.17) is 31.4 Å². The second-order valence-corrected chi connectivity index (χ2v) is 14.9. The molecule has 2 aromatic carbocycles. The summed E-state index contributed by atoms with van der Waals surface area (Å²) < 4.78 is 9.00. The standard InChI is InChI=1S/C35H38ClN5O3S/c1-19-18-25-32(28(20-6-8-22(36)9-7-20)27(19)31(34(42)43)44-35(2,3)4)45-33(38-25)24-12-13-26-30(37-24)29(39-40(26)5)21-14-16-41(17-15-21)23-10-11-23/h6-9,12-13,18,21,23,31H,10-11,14-17H2,1-5H3,(H,42,43)/t31-/m0/s1. The van der Waals surface area contributed by atoms with Crippen molar-refractivity contribution >= 4 is 50.2 Å². The average Bonchev–Trinajstić information content (AvgIpc) is 3.69. The van der Waals surface area contributed by atoms with E-state index in [-0.39, 0.29) is 0 Å². The lowest BCUT2D eigenvalue weighted by Gasteiger charge is -2.31. The summed E-state index contributed by atoms with van der Waals surface area (Å²) in [6.45, 7) is 9.78. The number of aromatic nitrogens is 4. The molecule has 0 amide bonds. The number of hydrogen-bond acceptors (Lipinski definition) is 7. The number of nitrogens with zero attached hydrogens (tertiary/aromatic N) is 5. The molecule has 5 aromatic rings. The van der Waals surface area contributed by atoms with Crippen molar-refractivity contribution in [3.05, 3.63) is 64.3 Å². The lowest BCUT2D eigenvalue weighted by atomic mass is 9.91. The SMILES string of the molecule is Cc1cc2nc(-c3ccc4c(n3)c(C3CCN(C5CC5)CC3)nn4C)sc2c(-c2ccc(Cl)cc2)c1[C@H](OC(C)(C)C)C(=O)O. The van der Waals surface area contributed by atoms with Crippen LogP contribution in [0.25, 0.3) is 43.1 Å². The molecule has 10 heteroatoms. The van der Waals surface area contributed by atoms with Gasteiger partial charge in [0.15, 0.2) is 6.10 Å². The van der Waals surface area contributed by atoms with Crippen molar-refractivity contribution in [2.75, 3.05) is 13.1 Å². The summed E-state index contributed by atoms with van der Waals surface area (Å²) in [5.41, 5.74) is 7.03. The molecule has 1 saturated heterocycles. The van der Waals surface area contributed by atoms with Gasteiger partial charge in [-0.2, -0.15) is 5.10 Å². The van der Waals surface area contributed by atoms with E-state index in [0.717, 1.165) is 86.3 Å². The second kappa shape index (κ2) is 11.5. The molecule has 0 bridgehead atoms. The van der Waals surface area contributed by atoms with Crippen molar-refractivity contribution in [3.8, 4) is 21.8 Å². The number of rotatable bonds is 7. The molecule has 1 atom stereocenters. The van der Waals surface area contributed by atoms with Gasteiger partial charge in [-0.15, -0.1) is 11.3 Å². The van der Waals surface area contributed by atoms with Crippen molar-refractivity contribution < 1.29 is 14.6 Å². The Hall–Kier alpha value is -3.37. The number of aryl methyl sites for hydroxylation is 2. The summed E-state index contributed by atoms with van der Waals surface area (Å²) in [5.74, 6) is -0.647. The highest BCUT2D eigenvalue weighted by atomic mass is 35.5. The molecule has 7 rings (SSSR count). The first-order valence-corrected chi connectivity index (χ1v) is 16.8. The Kier molecular flexibility index (Phi) is 7.71. The van der Waals surface area contributed by atoms with Gasteiger partial charge in [-0.25, -0.2) is 14.8 Å². The Morgan fingerprint density at radius 1 is 1.07 bits per heavy atom. The molecule has 1 saturated carbocycles. The Bertz CT molecular complexity index is 1910. The van der Waals surface area contributed by atoms with E-state index in [1.54, 1.807) is 0 Å². The predicted octanol–water partition coefficient (Wildman–Crippen LogP) is 8.16. The zero-order chi connectivity index (χ0) is 31.6. The Morgan fingerprint density at radius 2 is 1.78 bits per heavy atom. The molecule has 8 nitrogen and oxygen atoms in total. The van der Waals surface area contributed by atoms with Gasteiger partial charge < -0.3 is 14.7 Å². The maximum atomic E-state index is 12.7. The number of halogens is 1. The van der Waals surface area contributed by atoms with E-state index in [1.807, 2.05) is 75.8 Å². The van der Waals surface area contributed by atoms with Crippen molar-refractivity contribution in [2.45, 2.75) is 77.0 Å². The molecule has 4 heterocycles. The number of aliphatic carboxylic acids is 1. The van der Waals surface area contributed by atoms with Crippen LogP contribution in [-0.2, 0) is 16.6 Å². The maximum absolute atomic E-state index is 12.7. The van der Waals surface area contributed by atoms with Crippen molar-refractivity contribution in [3.63, 3.8) is 0 Å². The van der Waals surface area contributed by atoms with Crippen LogP contribution in [0.1, 0.15) is 75.3 Å². The zero-order valence-electron chi connectivity index (χ0n) is 26.3. The molecule has 1 aliphatic heterocycles. The molecule has 234 valence electrons. The van der Waals surface area contributed by atoms with Crippen LogP contribution < -0.4 is 0 Å². The third-order valence-corrected chi connectivity index (χ3v) is 10.3. The van der Waals surface area contributed by atoms with Gasteiger partial charge in [0.2, 0.25) is 0 Å². The third-order valence-electron chi connectivity index (χ3n) is 8.94. The lowest BCUT2D eigenvalue weighted by molar-refractivity contribution is -0.160. The van der Waals surface area contributed by atoms with Crippen LogP contribution in [0.4, 0.5) is 0 Å². The number of carboxylic acid groups (broad SMARTS) is 1. The largest absolute Gasteiger partial charge is 0.479 e. The van der Waals surface area contributed by atoms with Gasteiger partial charge in [0.05, 0.1) is 32.7 Å². The fourth-order valence-corrected chi connectivity index (χ4v) is 7.90. The number of carboxylic acids is 1. The summed E-state index contributed by atoms with van der Waals surface area (Å²) in [6, 6.07) is 14.4. The van der Waals surface area contributed by atoms with Gasteiger partial charge in [0.1, 0.15) is 10.5 Å². The molecule has 1 aliphatic carbocycles. The topological polar surface area (TPSA) is 93.4 Å². The van der Waals surface area contributed by atoms with Crippen molar-refractivity contribution in [1.29, 1.82) is 0 Å². The van der Waals surface area contributed by atoms with Crippen LogP contribution in [-0.4, -0.2) is 60.5 Å². The fourth-order valence-electron chi connectivity index (χ4n) is 6.68. The quantitative estimate of drug-likeness (QED) is 0.191. The molecule has 2 aliphatic rings. The highest BCUT2D eigenvalue weighted by molar-refractivity contribution is 7.22. The molecule has 0 unspecified atom stereocenters. The number of hydrogen-bond donors (Lipinski definition) is 1. The summed E-state index contributed by atoms with van der Waals surface area (Å²) >= 11 is 7.79.